The molecule has 630 valence electrons. The average Bonchev–Trinajstić information content (AvgIpc) is 1.64. The maximum atomic E-state index is 3.63. The van der Waals surface area contributed by atoms with Gasteiger partial charge in [-0.05, 0) is 259 Å². The normalized spacial score (nSPS) is 11.5. The predicted octanol–water partition coefficient (Wildman–Crippen LogP) is 39.5. The highest BCUT2D eigenvalue weighted by atomic mass is 32.2. The Morgan fingerprint density at radius 2 is 0.366 bits per heavy atom. The van der Waals surface area contributed by atoms with Gasteiger partial charge in [0.1, 0.15) is 0 Å². The van der Waals surface area contributed by atoms with Gasteiger partial charge in [0, 0.05) is 150 Å². The van der Waals surface area contributed by atoms with Crippen molar-refractivity contribution in [2.45, 2.75) is 234 Å². The molecule has 15 heterocycles. The molecule has 1 aromatic carbocycles. The molecule has 0 atom stereocenters. The van der Waals surface area contributed by atoms with E-state index in [4.69, 9.17) is 0 Å². The van der Waals surface area contributed by atoms with Crippen molar-refractivity contribution in [3.8, 4) is 155 Å². The second-order valence-electron chi connectivity index (χ2n) is 32.1. The minimum absolute atomic E-state index is 0.899. The SMILES string of the molecule is CCCCCCc1ccc(-c2cc(-c3ccc(-c4ccc(C#Cc5cc(C#Cc6ccc(-c7ccc(-c8cc(-c9ccc(CCCCCC)s9)c(-c9ccc(CCCCCC)s9)s8)s7)s6)cc(C#Cc6ccc(-c7ccc(-c8cc(-c9ccc(CCCCCC)s9)c(-c9ccc(CCCCCC)s9)s8)s7)s6)c5)s4)s3)sc2-c2ccc(CCCCCC)s2)s1. The van der Waals surface area contributed by atoms with Crippen LogP contribution >= 0.6 is 170 Å². The summed E-state index contributed by atoms with van der Waals surface area (Å²) in [4.78, 5) is 40.2. The minimum Gasteiger partial charge on any atom is -0.140 e. The van der Waals surface area contributed by atoms with Crippen molar-refractivity contribution in [3.63, 3.8) is 0 Å². The van der Waals surface area contributed by atoms with Crippen LogP contribution in [0, 0.1) is 35.5 Å². The van der Waals surface area contributed by atoms with Gasteiger partial charge >= 0.3 is 0 Å². The fourth-order valence-electron chi connectivity index (χ4n) is 15.5. The highest BCUT2D eigenvalue weighted by molar-refractivity contribution is 7.31. The Hall–Kier alpha value is -6.60. The molecule has 0 amide bonds. The Balaban J connectivity index is 0.671. The molecular formula is C108H108S15. The predicted molar refractivity (Wildman–Crippen MR) is 564 cm³/mol. The molecule has 0 aliphatic rings. The maximum Gasteiger partial charge on any atom is 0.0779 e. The summed E-state index contributed by atoms with van der Waals surface area (Å²) in [7, 11) is 0. The van der Waals surface area contributed by atoms with Crippen LogP contribution in [0.5, 0.6) is 0 Å². The lowest BCUT2D eigenvalue weighted by atomic mass is 10.1. The van der Waals surface area contributed by atoms with Gasteiger partial charge in [-0.3, -0.25) is 0 Å². The van der Waals surface area contributed by atoms with E-state index in [1.807, 2.05) is 136 Å². The standard InChI is InChI=1S/C108H108S15/c1-7-13-19-25-31-76-43-52-88(109-76)85-70-103(121-106(85)100-58-49-79(115-100)34-28-22-16-10-4)97-64-61-94(118-97)91-55-46-82(112-91)40-37-73-67-74(38-41-83-47-56-92(113-83)95-62-65-98(119-95)104-71-86(89-53-44-77(110-89)32-26-20-14-8-2)107(122-104)101-59-50-80(116-101)35-29-23-17-11-5)69-75(68-73)39-42-84-48-57-93(114-84)96-63-66-99(120-96)105-72-87(90-54-45-78(111-90)33-27-21-15-9-3)108(123-105)102-60-51-81(117-102)36-30-24-18-12-6/h43-72H,7-36H2,1-6H3. The third-order valence-electron chi connectivity index (χ3n) is 22.3. The van der Waals surface area contributed by atoms with Crippen LogP contribution in [0.3, 0.4) is 0 Å². The largest absolute Gasteiger partial charge is 0.140 e. The maximum absolute atomic E-state index is 3.63. The first-order valence-corrected chi connectivity index (χ1v) is 57.1. The van der Waals surface area contributed by atoms with Crippen LogP contribution in [0.1, 0.15) is 256 Å². The van der Waals surface area contributed by atoms with Crippen molar-refractivity contribution in [3.05, 3.63) is 243 Å². The third kappa shape index (κ3) is 24.1. The van der Waals surface area contributed by atoms with Gasteiger partial charge in [0.25, 0.3) is 0 Å². The molecule has 0 spiro atoms. The smallest absolute Gasteiger partial charge is 0.0779 e. The Labute approximate surface area is 792 Å². The van der Waals surface area contributed by atoms with Crippen molar-refractivity contribution in [2.75, 3.05) is 0 Å². The molecule has 0 aliphatic carbocycles. The fourth-order valence-corrected chi connectivity index (χ4v) is 32.1. The van der Waals surface area contributed by atoms with E-state index in [0.717, 1.165) is 31.3 Å². The molecule has 0 fully saturated rings. The zero-order valence-electron chi connectivity index (χ0n) is 71.7. The molecule has 0 aliphatic heterocycles. The van der Waals surface area contributed by atoms with E-state index in [-0.39, 0.29) is 0 Å². The fraction of sp³-hybridized carbons (Fsp3) is 0.333. The summed E-state index contributed by atoms with van der Waals surface area (Å²) in [6.07, 6.45) is 37.9. The number of benzene rings is 1. The lowest BCUT2D eigenvalue weighted by molar-refractivity contribution is 0.670. The summed E-state index contributed by atoms with van der Waals surface area (Å²) >= 11 is 28.9. The van der Waals surface area contributed by atoms with Gasteiger partial charge in [-0.1, -0.05) is 193 Å². The summed E-state index contributed by atoms with van der Waals surface area (Å²) in [5.41, 5.74) is 6.85. The van der Waals surface area contributed by atoms with Crippen molar-refractivity contribution in [2.24, 2.45) is 0 Å². The molecule has 0 saturated heterocycles. The third-order valence-corrected chi connectivity index (χ3v) is 40.7. The van der Waals surface area contributed by atoms with E-state index in [1.165, 1.54) is 341 Å². The van der Waals surface area contributed by atoms with Crippen molar-refractivity contribution in [1.29, 1.82) is 0 Å². The summed E-state index contributed by atoms with van der Waals surface area (Å²) in [5, 5.41) is 0. The molecule has 0 radical (unpaired) electrons. The monoisotopic (exact) mass is 1880 g/mol. The average molecular weight is 1890 g/mol. The van der Waals surface area contributed by atoms with E-state index in [1.54, 1.807) is 34.0 Å². The Morgan fingerprint density at radius 1 is 0.163 bits per heavy atom. The van der Waals surface area contributed by atoms with Crippen molar-refractivity contribution in [1.82, 2.24) is 0 Å². The molecule has 0 saturated carbocycles. The molecule has 0 N–H and O–H groups in total. The van der Waals surface area contributed by atoms with Crippen LogP contribution in [-0.2, 0) is 38.5 Å². The summed E-state index contributed by atoms with van der Waals surface area (Å²) < 4.78 is 0. The Kier molecular flexibility index (Phi) is 33.1. The first kappa shape index (κ1) is 89.8. The van der Waals surface area contributed by atoms with Gasteiger partial charge in [-0.25, -0.2) is 0 Å². The molecule has 15 heteroatoms. The molecule has 16 rings (SSSR count). The van der Waals surface area contributed by atoms with Gasteiger partial charge in [-0.15, -0.1) is 170 Å². The van der Waals surface area contributed by atoms with Crippen molar-refractivity contribution < 1.29 is 0 Å². The second kappa shape index (κ2) is 45.4. The van der Waals surface area contributed by atoms with E-state index < -0.39 is 0 Å². The summed E-state index contributed by atoms with van der Waals surface area (Å²) in [6.45, 7) is 13.8. The van der Waals surface area contributed by atoms with E-state index in [0.29, 0.717) is 0 Å². The number of hydrogen-bond donors (Lipinski definition) is 0. The van der Waals surface area contributed by atoms with Gasteiger partial charge in [0.2, 0.25) is 0 Å². The lowest BCUT2D eigenvalue weighted by Gasteiger charge is -2.00. The number of unbranched alkanes of at least 4 members (excludes halogenated alkanes) is 18. The van der Waals surface area contributed by atoms with Crippen LogP contribution < -0.4 is 0 Å². The van der Waals surface area contributed by atoms with Gasteiger partial charge in [-0.2, -0.15) is 0 Å². The molecule has 0 nitrogen and oxygen atoms in total. The van der Waals surface area contributed by atoms with E-state index in [9.17, 15) is 0 Å². The quantitative estimate of drug-likeness (QED) is 0.0264. The molecule has 16 aromatic rings. The van der Waals surface area contributed by atoms with E-state index >= 15 is 0 Å². The van der Waals surface area contributed by atoms with Crippen LogP contribution in [0.2, 0.25) is 0 Å². The number of aryl methyl sites for hydroxylation is 6. The number of thiophene rings is 15. The molecule has 15 aromatic heterocycles. The summed E-state index contributed by atoms with van der Waals surface area (Å²) in [6, 6.07) is 70.0. The van der Waals surface area contributed by atoms with Gasteiger partial charge in [0.05, 0.1) is 29.3 Å². The van der Waals surface area contributed by atoms with Crippen LogP contribution in [0.4, 0.5) is 0 Å². The van der Waals surface area contributed by atoms with Crippen LogP contribution in [0.15, 0.2) is 182 Å². The van der Waals surface area contributed by atoms with Crippen molar-refractivity contribution >= 4 is 170 Å². The highest BCUT2D eigenvalue weighted by Crippen LogP contribution is 2.54. The first-order valence-electron chi connectivity index (χ1n) is 44.9. The molecule has 123 heavy (non-hydrogen) atoms. The molecule has 0 bridgehead atoms. The summed E-state index contributed by atoms with van der Waals surface area (Å²) in [5.74, 6) is 21.8. The number of hydrogen-bond acceptors (Lipinski definition) is 15. The number of rotatable bonds is 42. The second-order valence-corrected chi connectivity index (χ2v) is 48.7. The molecular weight excluding hydrogens is 1780 g/mol. The zero-order chi connectivity index (χ0) is 84.1. The zero-order valence-corrected chi connectivity index (χ0v) is 83.9. The van der Waals surface area contributed by atoms with Gasteiger partial charge in [0.15, 0.2) is 0 Å². The Morgan fingerprint density at radius 3 is 0.610 bits per heavy atom. The molecule has 0 unspecified atom stereocenters. The lowest BCUT2D eigenvalue weighted by Crippen LogP contribution is -1.84. The van der Waals surface area contributed by atoms with Crippen LogP contribution in [0.25, 0.3) is 119 Å². The Bertz CT molecular complexity index is 5440. The van der Waals surface area contributed by atoms with Crippen LogP contribution in [-0.4, -0.2) is 0 Å². The first-order chi connectivity index (χ1) is 60.6. The van der Waals surface area contributed by atoms with Gasteiger partial charge < -0.3 is 0 Å². The van der Waals surface area contributed by atoms with E-state index in [2.05, 4.69) is 259 Å². The topological polar surface area (TPSA) is 0 Å². The minimum atomic E-state index is 0.899. The highest BCUT2D eigenvalue weighted by Gasteiger charge is 2.24.